The molecule has 330 valence electrons. The Morgan fingerprint density at radius 1 is 0.324 bits per heavy atom. The first-order valence-corrected chi connectivity index (χ1v) is 24.6. The molecule has 13 aromatic rings. The van der Waals surface area contributed by atoms with Gasteiger partial charge >= 0.3 is 0 Å². The van der Waals surface area contributed by atoms with Crippen molar-refractivity contribution in [3.63, 3.8) is 0 Å². The van der Waals surface area contributed by atoms with Gasteiger partial charge in [-0.15, -0.1) is 11.3 Å². The standard InChI is InChI=1S/C64H37N5OS/c1-2-15-39-32-41(29-28-38(39)14-1)40-16-13-17-42(33-40)59-67-60(43-30-31-50-49-20-5-8-23-53(49)64(54(50)37-43)51-21-6-3-18-47(51)48-19-4-7-22-52(48)64)69-61(68-59)44-34-45(62-65-55-24-9-11-26-57(55)70-62)36-46(35-44)63-66-56-25-10-12-27-58(56)71-63/h1-37H. The van der Waals surface area contributed by atoms with Gasteiger partial charge < -0.3 is 4.42 Å². The van der Waals surface area contributed by atoms with Crippen LogP contribution < -0.4 is 0 Å². The Morgan fingerprint density at radius 2 is 0.859 bits per heavy atom. The molecule has 2 aliphatic rings. The molecule has 0 unspecified atom stereocenters. The van der Waals surface area contributed by atoms with Crippen LogP contribution in [0.25, 0.3) is 122 Å². The third kappa shape index (κ3) is 6.16. The normalized spacial score (nSPS) is 12.9. The van der Waals surface area contributed by atoms with Crippen LogP contribution in [0.15, 0.2) is 229 Å². The van der Waals surface area contributed by atoms with Crippen molar-refractivity contribution in [1.29, 1.82) is 0 Å². The molecular formula is C64H37N5OS. The lowest BCUT2D eigenvalue weighted by atomic mass is 9.70. The lowest BCUT2D eigenvalue weighted by molar-refractivity contribution is 0.620. The third-order valence-electron chi connectivity index (χ3n) is 14.4. The van der Waals surface area contributed by atoms with Crippen LogP contribution in [0.3, 0.4) is 0 Å². The van der Waals surface area contributed by atoms with Crippen LogP contribution >= 0.6 is 11.3 Å². The zero-order valence-electron chi connectivity index (χ0n) is 37.9. The number of hydrogen-bond acceptors (Lipinski definition) is 7. The summed E-state index contributed by atoms with van der Waals surface area (Å²) in [6.07, 6.45) is 0. The second-order valence-corrected chi connectivity index (χ2v) is 19.4. The fourth-order valence-electron chi connectivity index (χ4n) is 11.2. The molecule has 0 saturated carbocycles. The highest BCUT2D eigenvalue weighted by molar-refractivity contribution is 7.21. The van der Waals surface area contributed by atoms with Gasteiger partial charge in [-0.3, -0.25) is 0 Å². The van der Waals surface area contributed by atoms with Crippen LogP contribution in [0.4, 0.5) is 0 Å². The smallest absolute Gasteiger partial charge is 0.227 e. The third-order valence-corrected chi connectivity index (χ3v) is 15.5. The molecule has 3 heterocycles. The first kappa shape index (κ1) is 39.8. The topological polar surface area (TPSA) is 77.6 Å². The molecule has 7 heteroatoms. The maximum Gasteiger partial charge on any atom is 0.227 e. The van der Waals surface area contributed by atoms with Crippen LogP contribution in [0.1, 0.15) is 22.3 Å². The average Bonchev–Trinajstić information content (AvgIpc) is 4.23. The van der Waals surface area contributed by atoms with Gasteiger partial charge in [0.2, 0.25) is 5.89 Å². The Balaban J connectivity index is 0.963. The number of fused-ring (bicyclic) bond motifs is 13. The molecule has 10 aromatic carbocycles. The van der Waals surface area contributed by atoms with E-state index in [0.717, 1.165) is 65.3 Å². The van der Waals surface area contributed by atoms with Crippen molar-refractivity contribution < 1.29 is 4.42 Å². The van der Waals surface area contributed by atoms with Gasteiger partial charge in [-0.05, 0) is 127 Å². The number of oxazole rings is 1. The minimum Gasteiger partial charge on any atom is -0.436 e. The fraction of sp³-hybridized carbons (Fsp3) is 0.0156. The van der Waals surface area contributed by atoms with Gasteiger partial charge in [0.05, 0.1) is 15.6 Å². The number of hydrogen-bond donors (Lipinski definition) is 0. The molecule has 0 aliphatic heterocycles. The summed E-state index contributed by atoms with van der Waals surface area (Å²) in [6.45, 7) is 0. The van der Waals surface area contributed by atoms with Crippen molar-refractivity contribution in [1.82, 2.24) is 24.9 Å². The van der Waals surface area contributed by atoms with Crippen molar-refractivity contribution in [2.24, 2.45) is 0 Å². The van der Waals surface area contributed by atoms with Gasteiger partial charge in [0.15, 0.2) is 23.1 Å². The maximum atomic E-state index is 6.45. The van der Waals surface area contributed by atoms with E-state index in [9.17, 15) is 0 Å². The molecular weight excluding hydrogens is 887 g/mol. The summed E-state index contributed by atoms with van der Waals surface area (Å²) in [4.78, 5) is 26.3. The lowest BCUT2D eigenvalue weighted by Gasteiger charge is -2.30. The highest BCUT2D eigenvalue weighted by atomic mass is 32.1. The van der Waals surface area contributed by atoms with E-state index in [4.69, 9.17) is 29.3 Å². The Labute approximate surface area is 412 Å². The molecule has 6 nitrogen and oxygen atoms in total. The van der Waals surface area contributed by atoms with Crippen LogP contribution in [0.2, 0.25) is 0 Å². The van der Waals surface area contributed by atoms with Crippen molar-refractivity contribution in [2.75, 3.05) is 0 Å². The molecule has 0 saturated heterocycles. The number of rotatable bonds is 6. The van der Waals surface area contributed by atoms with Gasteiger partial charge in [-0.1, -0.05) is 164 Å². The van der Waals surface area contributed by atoms with Gasteiger partial charge in [-0.25, -0.2) is 24.9 Å². The quantitative estimate of drug-likeness (QED) is 0.165. The summed E-state index contributed by atoms with van der Waals surface area (Å²) in [7, 11) is 0. The Morgan fingerprint density at radius 3 is 1.59 bits per heavy atom. The van der Waals surface area contributed by atoms with E-state index in [1.165, 1.54) is 55.3 Å². The molecule has 0 bridgehead atoms. The van der Waals surface area contributed by atoms with E-state index in [0.29, 0.717) is 23.4 Å². The fourth-order valence-corrected chi connectivity index (χ4v) is 12.2. The summed E-state index contributed by atoms with van der Waals surface area (Å²) in [5, 5.41) is 3.27. The predicted molar refractivity (Wildman–Crippen MR) is 287 cm³/mol. The predicted octanol–water partition coefficient (Wildman–Crippen LogP) is 16.1. The average molecular weight is 924 g/mol. The molecule has 0 atom stereocenters. The van der Waals surface area contributed by atoms with E-state index in [-0.39, 0.29) is 0 Å². The van der Waals surface area contributed by atoms with Crippen molar-refractivity contribution in [3.05, 3.63) is 247 Å². The minimum absolute atomic E-state index is 0.508. The van der Waals surface area contributed by atoms with E-state index in [1.54, 1.807) is 11.3 Å². The first-order valence-electron chi connectivity index (χ1n) is 23.8. The van der Waals surface area contributed by atoms with Gasteiger partial charge in [0, 0.05) is 27.8 Å². The second kappa shape index (κ2) is 15.4. The zero-order chi connectivity index (χ0) is 46.6. The van der Waals surface area contributed by atoms with Crippen LogP contribution in [0.5, 0.6) is 0 Å². The minimum atomic E-state index is -0.526. The van der Waals surface area contributed by atoms with E-state index < -0.39 is 5.41 Å². The lowest BCUT2D eigenvalue weighted by Crippen LogP contribution is -2.25. The summed E-state index contributed by atoms with van der Waals surface area (Å²) < 4.78 is 7.55. The molecule has 0 amide bonds. The SMILES string of the molecule is c1cc(-c2ccc3ccccc3c2)cc(-c2nc(-c3cc(-c4nc5ccccc5o4)cc(-c4nc5ccccc5s4)c3)nc(-c3ccc4c(c3)C3(c5ccccc5-c5ccccc53)c3ccccc3-4)n2)c1. The van der Waals surface area contributed by atoms with E-state index in [1.807, 2.05) is 30.3 Å². The monoisotopic (exact) mass is 923 g/mol. The number of benzene rings is 10. The number of aromatic nitrogens is 5. The molecule has 0 N–H and O–H groups in total. The maximum absolute atomic E-state index is 6.45. The summed E-state index contributed by atoms with van der Waals surface area (Å²) in [5.41, 5.74) is 18.4. The largest absolute Gasteiger partial charge is 0.436 e. The van der Waals surface area contributed by atoms with Crippen molar-refractivity contribution >= 4 is 43.4 Å². The van der Waals surface area contributed by atoms with Crippen molar-refractivity contribution in [2.45, 2.75) is 5.41 Å². The highest BCUT2D eigenvalue weighted by Gasteiger charge is 2.51. The molecule has 2 aliphatic carbocycles. The Kier molecular flexibility index (Phi) is 8.64. The van der Waals surface area contributed by atoms with Gasteiger partial charge in [0.1, 0.15) is 10.5 Å². The van der Waals surface area contributed by atoms with E-state index in [2.05, 4.69) is 194 Å². The van der Waals surface area contributed by atoms with Crippen LogP contribution in [-0.4, -0.2) is 24.9 Å². The Bertz CT molecular complexity index is 4120. The highest BCUT2D eigenvalue weighted by Crippen LogP contribution is 2.63. The molecule has 15 rings (SSSR count). The number of para-hydroxylation sites is 3. The molecule has 71 heavy (non-hydrogen) atoms. The van der Waals surface area contributed by atoms with Gasteiger partial charge in [-0.2, -0.15) is 0 Å². The summed E-state index contributed by atoms with van der Waals surface area (Å²) in [6, 6.07) is 79.5. The van der Waals surface area contributed by atoms with E-state index >= 15 is 0 Å². The van der Waals surface area contributed by atoms with Crippen LogP contribution in [0, 0.1) is 0 Å². The Hall–Kier alpha value is -9.17. The van der Waals surface area contributed by atoms with Crippen LogP contribution in [-0.2, 0) is 5.41 Å². The molecule has 0 fully saturated rings. The van der Waals surface area contributed by atoms with Crippen molar-refractivity contribution in [3.8, 4) is 89.6 Å². The molecule has 1 spiro atoms. The van der Waals surface area contributed by atoms with Gasteiger partial charge in [0.25, 0.3) is 0 Å². The molecule has 3 aromatic heterocycles. The first-order chi connectivity index (χ1) is 35.1. The summed E-state index contributed by atoms with van der Waals surface area (Å²) >= 11 is 1.65. The number of thiazole rings is 1. The molecule has 0 radical (unpaired) electrons. The number of nitrogens with zero attached hydrogens (tertiary/aromatic N) is 5. The zero-order valence-corrected chi connectivity index (χ0v) is 38.7. The second-order valence-electron chi connectivity index (χ2n) is 18.4. The summed E-state index contributed by atoms with van der Waals surface area (Å²) in [5.74, 6) is 2.17.